The summed E-state index contributed by atoms with van der Waals surface area (Å²) in [6.45, 7) is 4.68. The lowest BCUT2D eigenvalue weighted by molar-refractivity contribution is -0.136. The fourth-order valence-corrected chi connectivity index (χ4v) is 2.43. The van der Waals surface area contributed by atoms with Crippen molar-refractivity contribution in [2.45, 2.75) is 19.8 Å². The Morgan fingerprint density at radius 1 is 1.63 bits per heavy atom. The first kappa shape index (κ1) is 13.7. The fraction of sp³-hybridized carbons (Fsp3) is 0.615. The van der Waals surface area contributed by atoms with Gasteiger partial charge in [-0.15, -0.1) is 5.10 Å². The van der Waals surface area contributed by atoms with Gasteiger partial charge in [0.2, 0.25) is 0 Å². The van der Waals surface area contributed by atoms with Crippen LogP contribution in [0.2, 0.25) is 0 Å². The van der Waals surface area contributed by atoms with Gasteiger partial charge in [0.1, 0.15) is 0 Å². The number of rotatable bonds is 5. The number of carboxylic acid groups (broad SMARTS) is 1. The standard InChI is InChI=1S/C13H20N4O2/c1-10-5-12(16-15-6-10)17-4-2-3-11(9-17)7-14-8-13(18)19/h5-6,11,14H,2-4,7-9H2,1H3,(H,18,19). The van der Waals surface area contributed by atoms with Gasteiger partial charge in [-0.05, 0) is 37.3 Å². The van der Waals surface area contributed by atoms with E-state index in [-0.39, 0.29) is 6.54 Å². The Kier molecular flexibility index (Phi) is 4.68. The highest BCUT2D eigenvalue weighted by Crippen LogP contribution is 2.21. The molecule has 1 atom stereocenters. The number of hydrogen-bond donors (Lipinski definition) is 2. The van der Waals surface area contributed by atoms with E-state index in [1.807, 2.05) is 13.0 Å². The van der Waals surface area contributed by atoms with Crippen molar-refractivity contribution < 1.29 is 9.90 Å². The van der Waals surface area contributed by atoms with Gasteiger partial charge in [-0.3, -0.25) is 4.79 Å². The second kappa shape index (κ2) is 6.47. The largest absolute Gasteiger partial charge is 0.480 e. The van der Waals surface area contributed by atoms with Crippen LogP contribution in [-0.2, 0) is 4.79 Å². The van der Waals surface area contributed by atoms with E-state index in [1.165, 1.54) is 0 Å². The summed E-state index contributed by atoms with van der Waals surface area (Å²) in [6, 6.07) is 2.04. The van der Waals surface area contributed by atoms with Gasteiger partial charge in [0.25, 0.3) is 0 Å². The molecule has 1 aliphatic rings. The van der Waals surface area contributed by atoms with Crippen molar-refractivity contribution in [2.75, 3.05) is 31.1 Å². The molecule has 1 aromatic heterocycles. The lowest BCUT2D eigenvalue weighted by Gasteiger charge is -2.33. The predicted octanol–water partition coefficient (Wildman–Crippen LogP) is 0.676. The van der Waals surface area contributed by atoms with Crippen molar-refractivity contribution in [3.8, 4) is 0 Å². The second-order valence-electron chi connectivity index (χ2n) is 5.07. The number of anilines is 1. The molecule has 2 heterocycles. The maximum atomic E-state index is 10.5. The highest BCUT2D eigenvalue weighted by atomic mass is 16.4. The number of nitrogens with zero attached hydrogens (tertiary/aromatic N) is 3. The van der Waals surface area contributed by atoms with Gasteiger partial charge in [0.15, 0.2) is 5.82 Å². The Bertz CT molecular complexity index is 438. The lowest BCUT2D eigenvalue weighted by Crippen LogP contribution is -2.41. The molecule has 1 fully saturated rings. The van der Waals surface area contributed by atoms with E-state index in [1.54, 1.807) is 6.20 Å². The van der Waals surface area contributed by atoms with E-state index in [4.69, 9.17) is 5.11 Å². The van der Waals surface area contributed by atoms with Crippen molar-refractivity contribution in [1.82, 2.24) is 15.5 Å². The number of aliphatic carboxylic acids is 1. The van der Waals surface area contributed by atoms with Crippen LogP contribution in [-0.4, -0.2) is 47.5 Å². The van der Waals surface area contributed by atoms with Gasteiger partial charge in [-0.2, -0.15) is 5.10 Å². The molecule has 0 aromatic carbocycles. The van der Waals surface area contributed by atoms with Crippen LogP contribution in [0.4, 0.5) is 5.82 Å². The molecule has 1 aromatic rings. The zero-order valence-corrected chi connectivity index (χ0v) is 11.2. The van der Waals surface area contributed by atoms with Gasteiger partial charge in [0, 0.05) is 19.6 Å². The average molecular weight is 264 g/mol. The van der Waals surface area contributed by atoms with Crippen molar-refractivity contribution in [1.29, 1.82) is 0 Å². The SMILES string of the molecule is Cc1cnnc(N2CCCC(CNCC(=O)O)C2)c1. The first-order chi connectivity index (χ1) is 9.15. The molecule has 1 aliphatic heterocycles. The molecule has 1 saturated heterocycles. The smallest absolute Gasteiger partial charge is 0.317 e. The normalized spacial score (nSPS) is 19.4. The van der Waals surface area contributed by atoms with Crippen LogP contribution in [0.1, 0.15) is 18.4 Å². The molecule has 0 aliphatic carbocycles. The van der Waals surface area contributed by atoms with Crippen LogP contribution >= 0.6 is 0 Å². The van der Waals surface area contributed by atoms with E-state index in [0.29, 0.717) is 5.92 Å². The fourth-order valence-electron chi connectivity index (χ4n) is 2.43. The molecule has 2 rings (SSSR count). The quantitative estimate of drug-likeness (QED) is 0.814. The summed E-state index contributed by atoms with van der Waals surface area (Å²) in [7, 11) is 0. The van der Waals surface area contributed by atoms with Crippen LogP contribution in [0.15, 0.2) is 12.3 Å². The van der Waals surface area contributed by atoms with Crippen molar-refractivity contribution >= 4 is 11.8 Å². The highest BCUT2D eigenvalue weighted by Gasteiger charge is 2.21. The van der Waals surface area contributed by atoms with Crippen LogP contribution in [0.5, 0.6) is 0 Å². The first-order valence-corrected chi connectivity index (χ1v) is 6.62. The van der Waals surface area contributed by atoms with E-state index in [0.717, 1.165) is 43.9 Å². The third-order valence-electron chi connectivity index (χ3n) is 3.33. The van der Waals surface area contributed by atoms with Gasteiger partial charge in [-0.25, -0.2) is 0 Å². The maximum Gasteiger partial charge on any atom is 0.317 e. The number of aromatic nitrogens is 2. The molecule has 2 N–H and O–H groups in total. The topological polar surface area (TPSA) is 78.4 Å². The molecule has 0 saturated carbocycles. The predicted molar refractivity (Wildman–Crippen MR) is 72.2 cm³/mol. The molecule has 0 radical (unpaired) electrons. The van der Waals surface area contributed by atoms with E-state index in [9.17, 15) is 4.79 Å². The molecule has 0 amide bonds. The maximum absolute atomic E-state index is 10.5. The Morgan fingerprint density at radius 2 is 2.47 bits per heavy atom. The van der Waals surface area contributed by atoms with E-state index >= 15 is 0 Å². The van der Waals surface area contributed by atoms with E-state index < -0.39 is 5.97 Å². The summed E-state index contributed by atoms with van der Waals surface area (Å²) in [5.74, 6) is 0.579. The zero-order chi connectivity index (χ0) is 13.7. The summed E-state index contributed by atoms with van der Waals surface area (Å²) in [6.07, 6.45) is 3.98. The molecule has 0 spiro atoms. The molecule has 104 valence electrons. The molecule has 6 nitrogen and oxygen atoms in total. The van der Waals surface area contributed by atoms with E-state index in [2.05, 4.69) is 20.4 Å². The number of carbonyl (C=O) groups is 1. The van der Waals surface area contributed by atoms with Crippen molar-refractivity contribution in [3.05, 3.63) is 17.8 Å². The Labute approximate surface area is 112 Å². The summed E-state index contributed by atoms with van der Waals surface area (Å²) in [4.78, 5) is 12.7. The molecular formula is C13H20N4O2. The molecule has 19 heavy (non-hydrogen) atoms. The summed E-state index contributed by atoms with van der Waals surface area (Å²) in [5.41, 5.74) is 1.11. The van der Waals surface area contributed by atoms with Crippen molar-refractivity contribution in [3.63, 3.8) is 0 Å². The second-order valence-corrected chi connectivity index (χ2v) is 5.07. The molecule has 6 heteroatoms. The molecular weight excluding hydrogens is 244 g/mol. The monoisotopic (exact) mass is 264 g/mol. The summed E-state index contributed by atoms with van der Waals surface area (Å²) < 4.78 is 0. The highest BCUT2D eigenvalue weighted by molar-refractivity contribution is 5.68. The summed E-state index contributed by atoms with van der Waals surface area (Å²) >= 11 is 0. The number of hydrogen-bond acceptors (Lipinski definition) is 5. The number of nitrogens with one attached hydrogen (secondary N) is 1. The lowest BCUT2D eigenvalue weighted by atomic mass is 9.98. The number of carboxylic acids is 1. The number of aryl methyl sites for hydroxylation is 1. The van der Waals surface area contributed by atoms with Crippen LogP contribution in [0.3, 0.4) is 0 Å². The molecule has 0 bridgehead atoms. The third kappa shape index (κ3) is 4.17. The van der Waals surface area contributed by atoms with Crippen LogP contribution < -0.4 is 10.2 Å². The average Bonchev–Trinajstić information content (AvgIpc) is 2.39. The number of piperidine rings is 1. The van der Waals surface area contributed by atoms with Gasteiger partial charge < -0.3 is 15.3 Å². The third-order valence-corrected chi connectivity index (χ3v) is 3.33. The van der Waals surface area contributed by atoms with Crippen molar-refractivity contribution in [2.24, 2.45) is 5.92 Å². The van der Waals surface area contributed by atoms with Gasteiger partial charge >= 0.3 is 5.97 Å². The van der Waals surface area contributed by atoms with Gasteiger partial charge in [0.05, 0.1) is 12.7 Å². The zero-order valence-electron chi connectivity index (χ0n) is 11.2. The molecule has 1 unspecified atom stereocenters. The van der Waals surface area contributed by atoms with Crippen LogP contribution in [0.25, 0.3) is 0 Å². The Hall–Kier alpha value is -1.69. The summed E-state index contributed by atoms with van der Waals surface area (Å²) in [5, 5.41) is 19.7. The first-order valence-electron chi connectivity index (χ1n) is 6.62. The Balaban J connectivity index is 1.88. The Morgan fingerprint density at radius 3 is 3.21 bits per heavy atom. The minimum Gasteiger partial charge on any atom is -0.480 e. The van der Waals surface area contributed by atoms with Crippen LogP contribution in [0, 0.1) is 12.8 Å². The minimum absolute atomic E-state index is 0.0285. The minimum atomic E-state index is -0.808. The van der Waals surface area contributed by atoms with Gasteiger partial charge in [-0.1, -0.05) is 0 Å².